The van der Waals surface area contributed by atoms with Crippen molar-refractivity contribution in [2.75, 3.05) is 19.6 Å². The maximum Gasteiger partial charge on any atom is 0.326 e. The lowest BCUT2D eigenvalue weighted by molar-refractivity contribution is -0.407. The van der Waals surface area contributed by atoms with Crippen molar-refractivity contribution in [1.29, 1.82) is 0 Å². The van der Waals surface area contributed by atoms with Crippen molar-refractivity contribution < 1.29 is 13.9 Å². The van der Waals surface area contributed by atoms with E-state index < -0.39 is 6.10 Å². The number of rotatable bonds is 7. The summed E-state index contributed by atoms with van der Waals surface area (Å²) in [7, 11) is 0. The SMILES string of the molecule is CC(C)[O-].O=c1[nH]c2ccc(Cl)cc2n1C1CCN(CCCC(c2ccc(F)cc2)c2ccc(F)cc2)CC1. The Kier molecular flexibility index (Phi) is 9.94. The molecule has 5 nitrogen and oxygen atoms in total. The molecule has 0 saturated carbocycles. The van der Waals surface area contributed by atoms with Crippen molar-refractivity contribution in [3.05, 3.63) is 105 Å². The molecule has 1 saturated heterocycles. The number of piperidine rings is 1. The van der Waals surface area contributed by atoms with E-state index in [1.54, 1.807) is 19.9 Å². The second-order valence-electron chi connectivity index (χ2n) is 10.4. The fourth-order valence-electron chi connectivity index (χ4n) is 5.29. The van der Waals surface area contributed by atoms with E-state index in [1.807, 2.05) is 41.0 Å². The van der Waals surface area contributed by atoms with Gasteiger partial charge < -0.3 is 15.0 Å². The number of hydrogen-bond donors (Lipinski definition) is 1. The van der Waals surface area contributed by atoms with Crippen LogP contribution in [-0.2, 0) is 0 Å². The van der Waals surface area contributed by atoms with Gasteiger partial charge in [-0.2, -0.15) is 0 Å². The van der Waals surface area contributed by atoms with Gasteiger partial charge in [-0.25, -0.2) is 13.6 Å². The Labute approximate surface area is 233 Å². The van der Waals surface area contributed by atoms with Gasteiger partial charge in [-0.15, -0.1) is 6.10 Å². The predicted molar refractivity (Wildman–Crippen MR) is 151 cm³/mol. The molecule has 39 heavy (non-hydrogen) atoms. The second-order valence-corrected chi connectivity index (χ2v) is 10.8. The van der Waals surface area contributed by atoms with E-state index in [0.717, 1.165) is 67.5 Å². The monoisotopic (exact) mass is 554 g/mol. The zero-order valence-electron chi connectivity index (χ0n) is 22.4. The molecule has 0 aliphatic carbocycles. The highest BCUT2D eigenvalue weighted by Crippen LogP contribution is 2.31. The fourth-order valence-corrected chi connectivity index (χ4v) is 5.46. The molecular formula is C31H35ClF2N3O2-. The van der Waals surface area contributed by atoms with E-state index >= 15 is 0 Å². The Morgan fingerprint density at radius 3 is 2.03 bits per heavy atom. The number of likely N-dealkylation sites (tertiary alicyclic amines) is 1. The molecule has 8 heteroatoms. The summed E-state index contributed by atoms with van der Waals surface area (Å²) in [6.07, 6.45) is 3.24. The molecule has 1 aliphatic rings. The first-order valence-corrected chi connectivity index (χ1v) is 13.9. The summed E-state index contributed by atoms with van der Waals surface area (Å²) in [5, 5.41) is 10.2. The number of benzene rings is 3. The van der Waals surface area contributed by atoms with Crippen LogP contribution in [0.5, 0.6) is 0 Å². The van der Waals surface area contributed by atoms with Crippen LogP contribution in [0.4, 0.5) is 8.78 Å². The molecule has 5 rings (SSSR count). The second kappa shape index (κ2) is 13.4. The molecule has 1 aliphatic heterocycles. The van der Waals surface area contributed by atoms with Crippen molar-refractivity contribution in [2.24, 2.45) is 0 Å². The first kappa shape index (κ1) is 29.0. The first-order valence-electron chi connectivity index (χ1n) is 13.5. The van der Waals surface area contributed by atoms with Gasteiger partial charge in [-0.1, -0.05) is 49.7 Å². The highest BCUT2D eigenvalue weighted by atomic mass is 35.5. The highest BCUT2D eigenvalue weighted by molar-refractivity contribution is 6.31. The van der Waals surface area contributed by atoms with Gasteiger partial charge in [0.2, 0.25) is 0 Å². The standard InChI is InChI=1S/C28H28ClF2N3O.C3H7O/c29-21-7-12-26-27(18-21)34(28(35)32-26)24-13-16-33(17-14-24)15-1-2-25(19-3-8-22(30)9-4-19)20-5-10-23(31)11-6-20;1-3(2)4/h3-12,18,24-25H,1-2,13-17H2,(H,32,35);3H,1-2H3/q;-1. The smallest absolute Gasteiger partial charge is 0.326 e. The van der Waals surface area contributed by atoms with E-state index in [-0.39, 0.29) is 29.3 Å². The molecule has 0 unspecified atom stereocenters. The normalized spacial score (nSPS) is 14.7. The average Bonchev–Trinajstić information content (AvgIpc) is 3.23. The Bertz CT molecular complexity index is 1340. The summed E-state index contributed by atoms with van der Waals surface area (Å²) in [5.74, 6) is -0.430. The summed E-state index contributed by atoms with van der Waals surface area (Å²) in [5.41, 5.74) is 3.67. The van der Waals surface area contributed by atoms with Crippen LogP contribution in [0.3, 0.4) is 0 Å². The molecule has 0 atom stereocenters. The van der Waals surface area contributed by atoms with Crippen LogP contribution < -0.4 is 10.8 Å². The van der Waals surface area contributed by atoms with Gasteiger partial charge in [-0.3, -0.25) is 4.57 Å². The van der Waals surface area contributed by atoms with Gasteiger partial charge in [0.05, 0.1) is 11.0 Å². The molecule has 4 aromatic rings. The van der Waals surface area contributed by atoms with Crippen LogP contribution in [0.15, 0.2) is 71.5 Å². The molecule has 1 aromatic heterocycles. The number of aromatic amines is 1. The molecule has 3 aromatic carbocycles. The molecular weight excluding hydrogens is 520 g/mol. The number of aromatic nitrogens is 2. The highest BCUT2D eigenvalue weighted by Gasteiger charge is 2.24. The third kappa shape index (κ3) is 7.78. The predicted octanol–water partition coefficient (Wildman–Crippen LogP) is 6.27. The Morgan fingerprint density at radius 1 is 0.949 bits per heavy atom. The lowest BCUT2D eigenvalue weighted by Crippen LogP contribution is -2.37. The lowest BCUT2D eigenvalue weighted by Gasteiger charge is -2.33. The molecule has 0 spiro atoms. The van der Waals surface area contributed by atoms with Crippen LogP contribution >= 0.6 is 11.6 Å². The molecule has 0 amide bonds. The van der Waals surface area contributed by atoms with E-state index in [9.17, 15) is 18.7 Å². The van der Waals surface area contributed by atoms with E-state index in [4.69, 9.17) is 11.6 Å². The van der Waals surface area contributed by atoms with Crippen molar-refractivity contribution in [2.45, 2.75) is 57.6 Å². The number of halogens is 3. The molecule has 0 radical (unpaired) electrons. The van der Waals surface area contributed by atoms with Crippen LogP contribution in [0.2, 0.25) is 5.02 Å². The van der Waals surface area contributed by atoms with Gasteiger partial charge in [0.15, 0.2) is 0 Å². The van der Waals surface area contributed by atoms with Crippen LogP contribution in [0.1, 0.15) is 62.6 Å². The largest absolute Gasteiger partial charge is 0.852 e. The maximum absolute atomic E-state index is 13.5. The number of nitrogens with zero attached hydrogens (tertiary/aromatic N) is 2. The minimum atomic E-state index is -0.417. The number of nitrogens with one attached hydrogen (secondary N) is 1. The molecule has 0 bridgehead atoms. The van der Waals surface area contributed by atoms with Gasteiger partial charge in [0.25, 0.3) is 0 Å². The van der Waals surface area contributed by atoms with Gasteiger partial charge >= 0.3 is 5.69 Å². The lowest BCUT2D eigenvalue weighted by atomic mass is 9.87. The fraction of sp³-hybridized carbons (Fsp3) is 0.387. The van der Waals surface area contributed by atoms with Crippen molar-refractivity contribution >= 4 is 22.6 Å². The summed E-state index contributed by atoms with van der Waals surface area (Å²) < 4.78 is 28.8. The quantitative estimate of drug-likeness (QED) is 0.293. The third-order valence-electron chi connectivity index (χ3n) is 7.11. The molecule has 1 fully saturated rings. The minimum Gasteiger partial charge on any atom is -0.852 e. The maximum atomic E-state index is 13.5. The number of hydrogen-bond acceptors (Lipinski definition) is 3. The van der Waals surface area contributed by atoms with Crippen molar-refractivity contribution in [3.63, 3.8) is 0 Å². The van der Waals surface area contributed by atoms with E-state index in [1.165, 1.54) is 24.3 Å². The zero-order chi connectivity index (χ0) is 27.9. The number of H-pyrrole nitrogens is 1. The first-order chi connectivity index (χ1) is 18.7. The van der Waals surface area contributed by atoms with E-state index in [0.29, 0.717) is 5.02 Å². The summed E-state index contributed by atoms with van der Waals surface area (Å²) >= 11 is 6.17. The third-order valence-corrected chi connectivity index (χ3v) is 7.35. The summed E-state index contributed by atoms with van der Waals surface area (Å²) in [6.45, 7) is 6.00. The van der Waals surface area contributed by atoms with Crippen molar-refractivity contribution in [1.82, 2.24) is 14.5 Å². The Hall–Kier alpha value is -3.00. The van der Waals surface area contributed by atoms with Gasteiger partial charge in [0, 0.05) is 30.1 Å². The van der Waals surface area contributed by atoms with Gasteiger partial charge in [-0.05, 0) is 85.8 Å². The molecule has 2 heterocycles. The average molecular weight is 555 g/mol. The Morgan fingerprint density at radius 2 is 1.49 bits per heavy atom. The summed E-state index contributed by atoms with van der Waals surface area (Å²) in [4.78, 5) is 18.0. The van der Waals surface area contributed by atoms with Gasteiger partial charge in [0.1, 0.15) is 11.6 Å². The van der Waals surface area contributed by atoms with Crippen molar-refractivity contribution in [3.8, 4) is 0 Å². The molecule has 1 N–H and O–H groups in total. The minimum absolute atomic E-state index is 0.0813. The van der Waals surface area contributed by atoms with Crippen LogP contribution in [-0.4, -0.2) is 40.2 Å². The number of fused-ring (bicyclic) bond motifs is 1. The Balaban J connectivity index is 0.000000826. The van der Waals surface area contributed by atoms with Crippen LogP contribution in [0.25, 0.3) is 11.0 Å². The summed E-state index contributed by atoms with van der Waals surface area (Å²) in [6, 6.07) is 18.9. The topological polar surface area (TPSA) is 64.1 Å². The molecule has 208 valence electrons. The number of imidazole rings is 1. The van der Waals surface area contributed by atoms with Crippen LogP contribution in [0, 0.1) is 11.6 Å². The zero-order valence-corrected chi connectivity index (χ0v) is 23.1. The van der Waals surface area contributed by atoms with E-state index in [2.05, 4.69) is 9.88 Å².